The van der Waals surface area contributed by atoms with E-state index in [9.17, 15) is 28.8 Å². The molecule has 57 heavy (non-hydrogen) atoms. The van der Waals surface area contributed by atoms with Crippen LogP contribution in [0.2, 0.25) is 0 Å². The Hall–Kier alpha value is -5.72. The van der Waals surface area contributed by atoms with Crippen molar-refractivity contribution in [2.45, 2.75) is 110 Å². The van der Waals surface area contributed by atoms with E-state index in [1.54, 1.807) is 13.8 Å². The van der Waals surface area contributed by atoms with Gasteiger partial charge in [-0.1, -0.05) is 119 Å². The average Bonchev–Trinajstić information content (AvgIpc) is 3.16. The minimum atomic E-state index is -1.15. The maximum Gasteiger partial charge on any atom is 0.328 e. The van der Waals surface area contributed by atoms with Crippen molar-refractivity contribution in [3.63, 3.8) is 0 Å². The molecule has 13 heteroatoms. The first-order chi connectivity index (χ1) is 27.1. The van der Waals surface area contributed by atoms with E-state index in [0.29, 0.717) is 0 Å². The van der Waals surface area contributed by atoms with Crippen LogP contribution in [0.3, 0.4) is 0 Å². The molecule has 0 aliphatic rings. The summed E-state index contributed by atoms with van der Waals surface area (Å²) < 4.78 is 4.99. The fourth-order valence-corrected chi connectivity index (χ4v) is 6.26. The molecule has 3 aromatic rings. The number of carbonyl (C=O) groups excluding carboxylic acids is 6. The van der Waals surface area contributed by atoms with E-state index in [1.807, 2.05) is 119 Å². The quantitative estimate of drug-likeness (QED) is 0.0883. The minimum Gasteiger partial charge on any atom is -0.467 e. The van der Waals surface area contributed by atoms with Gasteiger partial charge in [0, 0.05) is 25.3 Å². The normalized spacial score (nSPS) is 13.7. The summed E-state index contributed by atoms with van der Waals surface area (Å²) in [5.41, 5.74) is 2.38. The van der Waals surface area contributed by atoms with Gasteiger partial charge in [-0.2, -0.15) is 0 Å². The van der Waals surface area contributed by atoms with Crippen molar-refractivity contribution in [3.8, 4) is 0 Å². The number of ether oxygens (including phenoxy) is 1. The van der Waals surface area contributed by atoms with Crippen LogP contribution < -0.4 is 31.9 Å². The second-order valence-corrected chi connectivity index (χ2v) is 15.4. The van der Waals surface area contributed by atoms with Gasteiger partial charge in [0.2, 0.25) is 23.6 Å². The molecule has 0 aromatic heterocycles. The summed E-state index contributed by atoms with van der Waals surface area (Å²) in [4.78, 5) is 81.6. The molecular formula is C44H60N6O7. The first-order valence-electron chi connectivity index (χ1n) is 19.6. The Bertz CT molecular complexity index is 1740. The predicted molar refractivity (Wildman–Crippen MR) is 220 cm³/mol. The van der Waals surface area contributed by atoms with E-state index in [2.05, 4.69) is 31.9 Å². The Balaban J connectivity index is 1.87. The number of nitrogens with one attached hydrogen (secondary N) is 6. The highest BCUT2D eigenvalue weighted by Crippen LogP contribution is 2.13. The average molecular weight is 785 g/mol. The molecule has 0 heterocycles. The molecule has 0 bridgehead atoms. The van der Waals surface area contributed by atoms with E-state index in [4.69, 9.17) is 4.74 Å². The number of esters is 1. The Morgan fingerprint density at radius 3 is 1.11 bits per heavy atom. The van der Waals surface area contributed by atoms with Gasteiger partial charge in [-0.3, -0.25) is 19.2 Å². The topological polar surface area (TPSA) is 184 Å². The molecule has 3 aromatic carbocycles. The van der Waals surface area contributed by atoms with Gasteiger partial charge in [-0.15, -0.1) is 0 Å². The number of hydrogen-bond acceptors (Lipinski definition) is 7. The Kier molecular flexibility index (Phi) is 18.7. The van der Waals surface area contributed by atoms with Crippen molar-refractivity contribution >= 4 is 35.6 Å². The second kappa shape index (κ2) is 23.4. The molecule has 0 fully saturated rings. The largest absolute Gasteiger partial charge is 0.467 e. The zero-order valence-corrected chi connectivity index (χ0v) is 34.2. The molecule has 6 amide bonds. The van der Waals surface area contributed by atoms with Gasteiger partial charge < -0.3 is 36.6 Å². The number of amides is 6. The van der Waals surface area contributed by atoms with Crippen LogP contribution in [0.15, 0.2) is 91.0 Å². The lowest BCUT2D eigenvalue weighted by Crippen LogP contribution is -2.60. The molecule has 0 aliphatic heterocycles. The Morgan fingerprint density at radius 1 is 0.439 bits per heavy atom. The summed E-state index contributed by atoms with van der Waals surface area (Å²) in [6.45, 7) is 11.2. The highest BCUT2D eigenvalue weighted by atomic mass is 16.5. The number of urea groups is 1. The van der Waals surface area contributed by atoms with Gasteiger partial charge >= 0.3 is 12.0 Å². The van der Waals surface area contributed by atoms with E-state index in [0.717, 1.165) is 16.7 Å². The van der Waals surface area contributed by atoms with Gasteiger partial charge in [0.05, 0.1) is 7.11 Å². The van der Waals surface area contributed by atoms with Gasteiger partial charge in [0.15, 0.2) is 0 Å². The lowest BCUT2D eigenvalue weighted by Gasteiger charge is -2.28. The summed E-state index contributed by atoms with van der Waals surface area (Å²) in [5.74, 6) is -3.05. The van der Waals surface area contributed by atoms with E-state index in [1.165, 1.54) is 7.11 Å². The lowest BCUT2D eigenvalue weighted by atomic mass is 9.98. The molecule has 6 N–H and O–H groups in total. The number of carbonyl (C=O) groups is 6. The van der Waals surface area contributed by atoms with Crippen molar-refractivity contribution in [1.29, 1.82) is 0 Å². The molecule has 5 atom stereocenters. The fourth-order valence-electron chi connectivity index (χ4n) is 6.26. The van der Waals surface area contributed by atoms with Crippen molar-refractivity contribution in [3.05, 3.63) is 108 Å². The first-order valence-corrected chi connectivity index (χ1v) is 19.6. The smallest absolute Gasteiger partial charge is 0.328 e. The van der Waals surface area contributed by atoms with Gasteiger partial charge in [-0.25, -0.2) is 9.59 Å². The van der Waals surface area contributed by atoms with Crippen molar-refractivity contribution < 1.29 is 33.5 Å². The van der Waals surface area contributed by atoms with Crippen LogP contribution in [0.25, 0.3) is 0 Å². The molecule has 0 aliphatic carbocycles. The van der Waals surface area contributed by atoms with Gasteiger partial charge in [0.25, 0.3) is 0 Å². The van der Waals surface area contributed by atoms with Crippen LogP contribution in [0, 0.1) is 11.8 Å². The third-order valence-electron chi connectivity index (χ3n) is 9.00. The number of benzene rings is 3. The SMILES string of the molecule is COC(=O)[C@H](Cc1ccccc1)NC(=O)[C@H](CC(C)C)NC(=O)[C@H](Cc1ccccc1)NC(=O)[C@H](CC(C)C)NC(=O)[C@H](Cc1ccccc1)NC(=O)NC(C)C. The van der Waals surface area contributed by atoms with E-state index >= 15 is 0 Å². The third-order valence-corrected chi connectivity index (χ3v) is 9.00. The van der Waals surface area contributed by atoms with Crippen molar-refractivity contribution in [2.75, 3.05) is 7.11 Å². The number of rotatable bonds is 21. The monoisotopic (exact) mass is 784 g/mol. The molecule has 3 rings (SSSR count). The number of methoxy groups -OCH3 is 1. The molecule has 0 unspecified atom stereocenters. The molecule has 0 radical (unpaired) electrons. The Labute approximate surface area is 336 Å². The summed E-state index contributed by atoms with van der Waals surface area (Å²) >= 11 is 0. The van der Waals surface area contributed by atoms with Crippen LogP contribution in [-0.2, 0) is 48.0 Å². The molecule has 308 valence electrons. The van der Waals surface area contributed by atoms with Crippen LogP contribution >= 0.6 is 0 Å². The lowest BCUT2D eigenvalue weighted by molar-refractivity contribution is -0.145. The molecule has 0 saturated heterocycles. The summed E-state index contributed by atoms with van der Waals surface area (Å²) in [6, 6.07) is 21.5. The zero-order chi connectivity index (χ0) is 41.9. The van der Waals surface area contributed by atoms with Gasteiger partial charge in [0.1, 0.15) is 30.2 Å². The van der Waals surface area contributed by atoms with Crippen LogP contribution in [0.5, 0.6) is 0 Å². The summed E-state index contributed by atoms with van der Waals surface area (Å²) in [7, 11) is 1.25. The molecule has 0 spiro atoms. The van der Waals surface area contributed by atoms with Crippen LogP contribution in [0.4, 0.5) is 4.79 Å². The van der Waals surface area contributed by atoms with Crippen LogP contribution in [0.1, 0.15) is 71.1 Å². The summed E-state index contributed by atoms with van der Waals surface area (Å²) in [6.07, 6.45) is 0.927. The van der Waals surface area contributed by atoms with E-state index in [-0.39, 0.29) is 50.0 Å². The molecule has 0 saturated carbocycles. The highest BCUT2D eigenvalue weighted by molar-refractivity contribution is 5.96. The third kappa shape index (κ3) is 16.5. The molecule has 13 nitrogen and oxygen atoms in total. The first kappa shape index (κ1) is 45.7. The summed E-state index contributed by atoms with van der Waals surface area (Å²) in [5, 5.41) is 16.8. The van der Waals surface area contributed by atoms with Crippen molar-refractivity contribution in [1.82, 2.24) is 31.9 Å². The standard InChI is InChI=1S/C44H60N6O7/c1-28(2)23-34(47-42(54)37(50-44(56)45-30(5)6)26-32-19-13-9-14-20-32)39(51)48-36(25-31-17-11-8-12-18-31)41(53)46-35(24-29(3)4)40(52)49-38(43(55)57-7)27-33-21-15-10-16-22-33/h8-22,28-30,34-38H,23-27H2,1-7H3,(H,46,53)(H,47,54)(H,48,51)(H,49,52)(H2,45,50,56)/t34-,35-,36-,37-,38-/m0/s1. The van der Waals surface area contributed by atoms with Crippen molar-refractivity contribution in [2.24, 2.45) is 11.8 Å². The Morgan fingerprint density at radius 2 is 0.754 bits per heavy atom. The van der Waals surface area contributed by atoms with Gasteiger partial charge in [-0.05, 0) is 55.2 Å². The minimum absolute atomic E-state index is 0.0281. The fraction of sp³-hybridized carbons (Fsp3) is 0.455. The maximum atomic E-state index is 14.2. The second-order valence-electron chi connectivity index (χ2n) is 15.4. The predicted octanol–water partition coefficient (Wildman–Crippen LogP) is 4.00. The number of hydrogen-bond donors (Lipinski definition) is 6. The van der Waals surface area contributed by atoms with E-state index < -0.39 is 65.8 Å². The highest BCUT2D eigenvalue weighted by Gasteiger charge is 2.33. The van der Waals surface area contributed by atoms with Crippen LogP contribution in [-0.4, -0.2) is 79.0 Å². The maximum absolute atomic E-state index is 14.2. The zero-order valence-electron chi connectivity index (χ0n) is 34.2. The molecular weight excluding hydrogens is 725 g/mol.